The standard InChI is InChI=1S/C16H17ClN2OS/c1-11-3-2-4-14(18)16(11)19-15(20)10-21-9-12-5-7-13(17)8-6-12/h2-8H,9-10,18H2,1H3,(H,19,20). The van der Waals surface area contributed by atoms with Crippen LogP contribution in [0.15, 0.2) is 42.5 Å². The molecule has 21 heavy (non-hydrogen) atoms. The third-order valence-electron chi connectivity index (χ3n) is 2.98. The first-order chi connectivity index (χ1) is 10.1. The van der Waals surface area contributed by atoms with Crippen molar-refractivity contribution in [2.24, 2.45) is 0 Å². The van der Waals surface area contributed by atoms with Gasteiger partial charge in [0.1, 0.15) is 0 Å². The van der Waals surface area contributed by atoms with E-state index in [0.29, 0.717) is 17.1 Å². The van der Waals surface area contributed by atoms with E-state index in [1.807, 2.05) is 43.3 Å². The topological polar surface area (TPSA) is 55.1 Å². The molecular weight excluding hydrogens is 304 g/mol. The van der Waals surface area contributed by atoms with Gasteiger partial charge in [0.25, 0.3) is 0 Å². The number of rotatable bonds is 5. The van der Waals surface area contributed by atoms with Gasteiger partial charge in [-0.2, -0.15) is 0 Å². The molecule has 0 aromatic heterocycles. The van der Waals surface area contributed by atoms with Gasteiger partial charge < -0.3 is 11.1 Å². The van der Waals surface area contributed by atoms with Crippen molar-refractivity contribution in [1.82, 2.24) is 0 Å². The highest BCUT2D eigenvalue weighted by Crippen LogP contribution is 2.23. The Hall–Kier alpha value is -1.65. The summed E-state index contributed by atoms with van der Waals surface area (Å²) in [5, 5.41) is 3.59. The molecule has 0 radical (unpaired) electrons. The van der Waals surface area contributed by atoms with Crippen molar-refractivity contribution in [3.8, 4) is 0 Å². The monoisotopic (exact) mass is 320 g/mol. The highest BCUT2D eigenvalue weighted by atomic mass is 35.5. The second-order valence-corrected chi connectivity index (χ2v) is 6.13. The molecule has 3 nitrogen and oxygen atoms in total. The number of nitrogen functional groups attached to an aromatic ring is 1. The maximum atomic E-state index is 12.0. The number of hydrogen-bond acceptors (Lipinski definition) is 3. The molecule has 2 aromatic rings. The number of nitrogens with two attached hydrogens (primary N) is 1. The SMILES string of the molecule is Cc1cccc(N)c1NC(=O)CSCc1ccc(Cl)cc1. The van der Waals surface area contributed by atoms with Gasteiger partial charge in [0.2, 0.25) is 5.91 Å². The number of para-hydroxylation sites is 1. The predicted octanol–water partition coefficient (Wildman–Crippen LogP) is 4.10. The summed E-state index contributed by atoms with van der Waals surface area (Å²) in [6.45, 7) is 1.92. The zero-order chi connectivity index (χ0) is 15.2. The van der Waals surface area contributed by atoms with Crippen LogP contribution in [0, 0.1) is 6.92 Å². The van der Waals surface area contributed by atoms with Crippen LogP contribution in [0.2, 0.25) is 5.02 Å². The lowest BCUT2D eigenvalue weighted by atomic mass is 10.1. The number of nitrogens with one attached hydrogen (secondary N) is 1. The summed E-state index contributed by atoms with van der Waals surface area (Å²) in [6, 6.07) is 13.2. The summed E-state index contributed by atoms with van der Waals surface area (Å²) in [5.74, 6) is 1.11. The Morgan fingerprint density at radius 2 is 1.95 bits per heavy atom. The van der Waals surface area contributed by atoms with E-state index in [-0.39, 0.29) is 5.91 Å². The van der Waals surface area contributed by atoms with E-state index < -0.39 is 0 Å². The summed E-state index contributed by atoms with van der Waals surface area (Å²) in [5.41, 5.74) is 9.27. The van der Waals surface area contributed by atoms with Gasteiger partial charge in [-0.3, -0.25) is 4.79 Å². The van der Waals surface area contributed by atoms with Crippen LogP contribution < -0.4 is 11.1 Å². The molecule has 2 aromatic carbocycles. The van der Waals surface area contributed by atoms with Crippen molar-refractivity contribution in [3.05, 3.63) is 58.6 Å². The van der Waals surface area contributed by atoms with Gasteiger partial charge in [0.05, 0.1) is 17.1 Å². The van der Waals surface area contributed by atoms with Crippen molar-refractivity contribution in [1.29, 1.82) is 0 Å². The molecule has 0 saturated carbocycles. The number of anilines is 2. The lowest BCUT2D eigenvalue weighted by Gasteiger charge is -2.11. The predicted molar refractivity (Wildman–Crippen MR) is 91.8 cm³/mol. The summed E-state index contributed by atoms with van der Waals surface area (Å²) in [6.07, 6.45) is 0. The Morgan fingerprint density at radius 1 is 1.24 bits per heavy atom. The van der Waals surface area contributed by atoms with E-state index in [0.717, 1.165) is 21.9 Å². The quantitative estimate of drug-likeness (QED) is 0.815. The molecule has 110 valence electrons. The van der Waals surface area contributed by atoms with Crippen LogP contribution in [0.1, 0.15) is 11.1 Å². The number of carbonyl (C=O) groups is 1. The van der Waals surface area contributed by atoms with Gasteiger partial charge in [-0.1, -0.05) is 35.9 Å². The Bertz CT molecular complexity index is 608. The first-order valence-electron chi connectivity index (χ1n) is 6.53. The lowest BCUT2D eigenvalue weighted by Crippen LogP contribution is -2.16. The number of thioether (sulfide) groups is 1. The van der Waals surface area contributed by atoms with Crippen molar-refractivity contribution >= 4 is 40.6 Å². The molecule has 2 rings (SSSR count). The highest BCUT2D eigenvalue weighted by molar-refractivity contribution is 7.99. The van der Waals surface area contributed by atoms with Gasteiger partial charge in [-0.25, -0.2) is 0 Å². The lowest BCUT2D eigenvalue weighted by molar-refractivity contribution is -0.113. The first kappa shape index (κ1) is 15.7. The minimum Gasteiger partial charge on any atom is -0.397 e. The van der Waals surface area contributed by atoms with Gasteiger partial charge in [0.15, 0.2) is 0 Å². The fourth-order valence-electron chi connectivity index (χ4n) is 1.88. The van der Waals surface area contributed by atoms with Crippen LogP contribution in [0.5, 0.6) is 0 Å². The fourth-order valence-corrected chi connectivity index (χ4v) is 2.79. The van der Waals surface area contributed by atoms with Crippen molar-refractivity contribution in [2.45, 2.75) is 12.7 Å². The summed E-state index contributed by atoms with van der Waals surface area (Å²) < 4.78 is 0. The molecule has 3 N–H and O–H groups in total. The van der Waals surface area contributed by atoms with Crippen LogP contribution in [-0.2, 0) is 10.5 Å². The van der Waals surface area contributed by atoms with E-state index in [1.165, 1.54) is 0 Å². The Morgan fingerprint density at radius 3 is 2.62 bits per heavy atom. The van der Waals surface area contributed by atoms with E-state index in [2.05, 4.69) is 5.32 Å². The molecule has 0 atom stereocenters. The molecular formula is C16H17ClN2OS. The van der Waals surface area contributed by atoms with Crippen molar-refractivity contribution < 1.29 is 4.79 Å². The summed E-state index contributed by atoms with van der Waals surface area (Å²) >= 11 is 7.39. The van der Waals surface area contributed by atoms with E-state index in [1.54, 1.807) is 17.8 Å². The normalized spacial score (nSPS) is 10.4. The molecule has 0 bridgehead atoms. The molecule has 0 aliphatic rings. The summed E-state index contributed by atoms with van der Waals surface area (Å²) in [4.78, 5) is 12.0. The van der Waals surface area contributed by atoms with Crippen LogP contribution in [0.3, 0.4) is 0 Å². The second kappa shape index (κ2) is 7.38. The molecule has 1 amide bonds. The second-order valence-electron chi connectivity index (χ2n) is 4.71. The third kappa shape index (κ3) is 4.69. The average molecular weight is 321 g/mol. The number of halogens is 1. The number of carbonyl (C=O) groups excluding carboxylic acids is 1. The molecule has 0 fully saturated rings. The third-order valence-corrected chi connectivity index (χ3v) is 4.24. The van der Waals surface area contributed by atoms with Gasteiger partial charge >= 0.3 is 0 Å². The molecule has 0 aliphatic heterocycles. The largest absolute Gasteiger partial charge is 0.397 e. The number of benzene rings is 2. The minimum atomic E-state index is -0.0463. The Labute approximate surface area is 133 Å². The number of amides is 1. The number of hydrogen-bond donors (Lipinski definition) is 2. The minimum absolute atomic E-state index is 0.0463. The molecule has 0 saturated heterocycles. The summed E-state index contributed by atoms with van der Waals surface area (Å²) in [7, 11) is 0. The maximum Gasteiger partial charge on any atom is 0.234 e. The maximum absolute atomic E-state index is 12.0. The molecule has 0 unspecified atom stereocenters. The van der Waals surface area contributed by atoms with Crippen LogP contribution in [-0.4, -0.2) is 11.7 Å². The smallest absolute Gasteiger partial charge is 0.234 e. The fraction of sp³-hybridized carbons (Fsp3) is 0.188. The molecule has 0 heterocycles. The number of aryl methyl sites for hydroxylation is 1. The first-order valence-corrected chi connectivity index (χ1v) is 8.06. The van der Waals surface area contributed by atoms with Gasteiger partial charge in [-0.05, 0) is 36.2 Å². The van der Waals surface area contributed by atoms with Crippen LogP contribution >= 0.6 is 23.4 Å². The van der Waals surface area contributed by atoms with Gasteiger partial charge in [-0.15, -0.1) is 11.8 Å². The van der Waals surface area contributed by atoms with Gasteiger partial charge in [0, 0.05) is 10.8 Å². The average Bonchev–Trinajstić information content (AvgIpc) is 2.45. The molecule has 5 heteroatoms. The molecule has 0 spiro atoms. The Kier molecular flexibility index (Phi) is 5.53. The van der Waals surface area contributed by atoms with Crippen LogP contribution in [0.25, 0.3) is 0 Å². The highest BCUT2D eigenvalue weighted by Gasteiger charge is 2.07. The zero-order valence-electron chi connectivity index (χ0n) is 11.7. The van der Waals surface area contributed by atoms with Crippen LogP contribution in [0.4, 0.5) is 11.4 Å². The van der Waals surface area contributed by atoms with E-state index >= 15 is 0 Å². The van der Waals surface area contributed by atoms with Crippen molar-refractivity contribution in [3.63, 3.8) is 0 Å². The zero-order valence-corrected chi connectivity index (χ0v) is 13.3. The van der Waals surface area contributed by atoms with Crippen molar-refractivity contribution in [2.75, 3.05) is 16.8 Å². The Balaban J connectivity index is 1.84. The van der Waals surface area contributed by atoms with E-state index in [4.69, 9.17) is 17.3 Å². The van der Waals surface area contributed by atoms with E-state index in [9.17, 15) is 4.79 Å². The molecule has 0 aliphatic carbocycles.